The van der Waals surface area contributed by atoms with Gasteiger partial charge in [0.25, 0.3) is 5.91 Å². The topological polar surface area (TPSA) is 46.9 Å². The van der Waals surface area contributed by atoms with E-state index in [2.05, 4.69) is 10.3 Å². The van der Waals surface area contributed by atoms with Crippen LogP contribution in [-0.4, -0.2) is 21.6 Å². The van der Waals surface area contributed by atoms with Crippen LogP contribution in [0.4, 0.5) is 13.2 Å². The zero-order chi connectivity index (χ0) is 14.8. The van der Waals surface area contributed by atoms with Gasteiger partial charge < -0.3 is 9.88 Å². The van der Waals surface area contributed by atoms with Gasteiger partial charge in [0.2, 0.25) is 0 Å². The number of nitrogens with one attached hydrogen (secondary N) is 1. The molecule has 1 N–H and O–H groups in total. The van der Waals surface area contributed by atoms with Crippen molar-refractivity contribution in [3.8, 4) is 0 Å². The standard InChI is InChI=1S/C12H12F3N3OS/c1-8-4-9(6-20-8)11(19)17-5-10-16-2-3-18(10)7-12(13,14)15/h2-4,6H,5,7H2,1H3,(H,17,19). The number of imidazole rings is 1. The van der Waals surface area contributed by atoms with Gasteiger partial charge >= 0.3 is 6.18 Å². The second kappa shape index (κ2) is 5.66. The number of carbonyl (C=O) groups excluding carboxylic acids is 1. The van der Waals surface area contributed by atoms with Crippen molar-refractivity contribution in [2.45, 2.75) is 26.2 Å². The van der Waals surface area contributed by atoms with Crippen LogP contribution in [-0.2, 0) is 13.1 Å². The highest BCUT2D eigenvalue weighted by Gasteiger charge is 2.28. The Morgan fingerprint density at radius 1 is 1.50 bits per heavy atom. The highest BCUT2D eigenvalue weighted by Crippen LogP contribution is 2.18. The summed E-state index contributed by atoms with van der Waals surface area (Å²) < 4.78 is 38.0. The summed E-state index contributed by atoms with van der Waals surface area (Å²) in [5.41, 5.74) is 0.501. The third-order valence-electron chi connectivity index (χ3n) is 2.55. The van der Waals surface area contributed by atoms with Crippen molar-refractivity contribution in [3.05, 3.63) is 40.1 Å². The van der Waals surface area contributed by atoms with Crippen molar-refractivity contribution in [1.29, 1.82) is 0 Å². The zero-order valence-electron chi connectivity index (χ0n) is 10.6. The number of rotatable bonds is 4. The van der Waals surface area contributed by atoms with Crippen molar-refractivity contribution in [2.75, 3.05) is 0 Å². The fraction of sp³-hybridized carbons (Fsp3) is 0.333. The predicted octanol–water partition coefficient (Wildman–Crippen LogP) is 2.75. The molecule has 0 fully saturated rings. The van der Waals surface area contributed by atoms with Crippen LogP contribution >= 0.6 is 11.3 Å². The van der Waals surface area contributed by atoms with Crippen LogP contribution in [0.5, 0.6) is 0 Å². The molecule has 0 aliphatic heterocycles. The molecule has 0 aliphatic carbocycles. The molecule has 4 nitrogen and oxygen atoms in total. The first-order valence-corrected chi connectivity index (χ1v) is 6.63. The highest BCUT2D eigenvalue weighted by molar-refractivity contribution is 7.10. The quantitative estimate of drug-likeness (QED) is 0.944. The van der Waals surface area contributed by atoms with Gasteiger partial charge in [-0.2, -0.15) is 13.2 Å². The highest BCUT2D eigenvalue weighted by atomic mass is 32.1. The second-order valence-electron chi connectivity index (χ2n) is 4.22. The van der Waals surface area contributed by atoms with Crippen molar-refractivity contribution < 1.29 is 18.0 Å². The lowest BCUT2D eigenvalue weighted by atomic mass is 10.3. The summed E-state index contributed by atoms with van der Waals surface area (Å²) in [7, 11) is 0. The number of carbonyl (C=O) groups is 1. The van der Waals surface area contributed by atoms with E-state index in [1.165, 1.54) is 23.7 Å². The summed E-state index contributed by atoms with van der Waals surface area (Å²) in [5, 5.41) is 4.26. The molecule has 0 aromatic carbocycles. The average Bonchev–Trinajstić information content (AvgIpc) is 2.93. The van der Waals surface area contributed by atoms with Crippen molar-refractivity contribution in [2.24, 2.45) is 0 Å². The monoisotopic (exact) mass is 303 g/mol. The fourth-order valence-corrected chi connectivity index (χ4v) is 2.35. The van der Waals surface area contributed by atoms with E-state index < -0.39 is 12.7 Å². The molecule has 2 aromatic heterocycles. The number of hydrogen-bond donors (Lipinski definition) is 1. The van der Waals surface area contributed by atoms with Gasteiger partial charge in [-0.1, -0.05) is 0 Å². The summed E-state index contributed by atoms with van der Waals surface area (Å²) in [6.07, 6.45) is -1.80. The number of thiophene rings is 1. The van der Waals surface area contributed by atoms with Crippen LogP contribution in [0, 0.1) is 6.92 Å². The van der Waals surface area contributed by atoms with E-state index in [1.54, 1.807) is 11.4 Å². The van der Waals surface area contributed by atoms with E-state index in [4.69, 9.17) is 0 Å². The molecule has 0 atom stereocenters. The number of aryl methyl sites for hydroxylation is 1. The Morgan fingerprint density at radius 3 is 2.85 bits per heavy atom. The predicted molar refractivity (Wildman–Crippen MR) is 68.5 cm³/mol. The van der Waals surface area contributed by atoms with Crippen molar-refractivity contribution in [1.82, 2.24) is 14.9 Å². The number of halogens is 3. The van der Waals surface area contributed by atoms with Crippen LogP contribution in [0.2, 0.25) is 0 Å². The lowest BCUT2D eigenvalue weighted by Crippen LogP contribution is -2.26. The first-order valence-electron chi connectivity index (χ1n) is 5.75. The Balaban J connectivity index is 1.98. The molecule has 8 heteroatoms. The molecule has 2 rings (SSSR count). The Kier molecular flexibility index (Phi) is 4.12. The largest absolute Gasteiger partial charge is 0.406 e. The van der Waals surface area contributed by atoms with Crippen LogP contribution in [0.15, 0.2) is 23.8 Å². The average molecular weight is 303 g/mol. The Bertz CT molecular complexity index is 603. The second-order valence-corrected chi connectivity index (χ2v) is 5.33. The summed E-state index contributed by atoms with van der Waals surface area (Å²) >= 11 is 1.44. The Labute approximate surface area is 117 Å². The molecular weight excluding hydrogens is 291 g/mol. The van der Waals surface area contributed by atoms with Gasteiger partial charge in [0, 0.05) is 22.7 Å². The normalized spacial score (nSPS) is 11.6. The molecule has 0 saturated heterocycles. The van der Waals surface area contributed by atoms with Gasteiger partial charge in [0.1, 0.15) is 12.4 Å². The summed E-state index contributed by atoms with van der Waals surface area (Å²) in [6, 6.07) is 1.72. The molecule has 0 bridgehead atoms. The molecule has 0 unspecified atom stereocenters. The molecule has 0 aliphatic rings. The van der Waals surface area contributed by atoms with Crippen LogP contribution in [0.3, 0.4) is 0 Å². The zero-order valence-corrected chi connectivity index (χ0v) is 11.4. The summed E-state index contributed by atoms with van der Waals surface area (Å²) in [4.78, 5) is 16.6. The molecule has 2 aromatic rings. The Hall–Kier alpha value is -1.83. The molecule has 1 amide bonds. The lowest BCUT2D eigenvalue weighted by Gasteiger charge is -2.11. The van der Waals surface area contributed by atoms with Gasteiger partial charge in [-0.15, -0.1) is 11.3 Å². The molecular formula is C12H12F3N3OS. The summed E-state index contributed by atoms with van der Waals surface area (Å²) in [6.45, 7) is 0.712. The minimum atomic E-state index is -4.32. The van der Waals surface area contributed by atoms with E-state index in [0.29, 0.717) is 5.56 Å². The SMILES string of the molecule is Cc1cc(C(=O)NCc2nccn2CC(F)(F)F)cs1. The number of hydrogen-bond acceptors (Lipinski definition) is 3. The number of alkyl halides is 3. The van der Waals surface area contributed by atoms with Crippen LogP contribution in [0.1, 0.15) is 21.1 Å². The number of aromatic nitrogens is 2. The van der Waals surface area contributed by atoms with Crippen molar-refractivity contribution in [3.63, 3.8) is 0 Å². The van der Waals surface area contributed by atoms with E-state index in [-0.39, 0.29) is 18.3 Å². The minimum Gasteiger partial charge on any atom is -0.345 e. The van der Waals surface area contributed by atoms with Crippen molar-refractivity contribution >= 4 is 17.2 Å². The first kappa shape index (κ1) is 14.6. The molecule has 108 valence electrons. The Morgan fingerprint density at radius 2 is 2.25 bits per heavy atom. The maximum absolute atomic E-state index is 12.3. The van der Waals surface area contributed by atoms with Gasteiger partial charge in [-0.3, -0.25) is 4.79 Å². The lowest BCUT2D eigenvalue weighted by molar-refractivity contribution is -0.141. The van der Waals surface area contributed by atoms with Gasteiger partial charge in [-0.25, -0.2) is 4.98 Å². The summed E-state index contributed by atoms with van der Waals surface area (Å²) in [5.74, 6) is -0.154. The van der Waals surface area contributed by atoms with E-state index in [9.17, 15) is 18.0 Å². The van der Waals surface area contributed by atoms with Crippen LogP contribution < -0.4 is 5.32 Å². The molecule has 0 radical (unpaired) electrons. The fourth-order valence-electron chi connectivity index (χ4n) is 1.67. The maximum atomic E-state index is 12.3. The number of nitrogens with zero attached hydrogens (tertiary/aromatic N) is 2. The molecule has 0 saturated carbocycles. The third kappa shape index (κ3) is 3.83. The van der Waals surface area contributed by atoms with Gasteiger partial charge in [0.05, 0.1) is 12.1 Å². The molecule has 2 heterocycles. The first-order chi connectivity index (χ1) is 9.35. The van der Waals surface area contributed by atoms with Gasteiger partial charge in [0.15, 0.2) is 0 Å². The molecule has 20 heavy (non-hydrogen) atoms. The van der Waals surface area contributed by atoms with Gasteiger partial charge in [-0.05, 0) is 13.0 Å². The van der Waals surface area contributed by atoms with Crippen LogP contribution in [0.25, 0.3) is 0 Å². The smallest absolute Gasteiger partial charge is 0.345 e. The van der Waals surface area contributed by atoms with E-state index in [1.807, 2.05) is 6.92 Å². The minimum absolute atomic E-state index is 0.0448. The molecule has 0 spiro atoms. The number of amides is 1. The van der Waals surface area contributed by atoms with E-state index >= 15 is 0 Å². The third-order valence-corrected chi connectivity index (χ3v) is 3.41. The maximum Gasteiger partial charge on any atom is 0.406 e. The van der Waals surface area contributed by atoms with E-state index in [0.717, 1.165) is 9.44 Å².